The minimum atomic E-state index is -0.838. The van der Waals surface area contributed by atoms with E-state index in [4.69, 9.17) is 17.3 Å². The first-order valence-corrected chi connectivity index (χ1v) is 13.9. The summed E-state index contributed by atoms with van der Waals surface area (Å²) >= 11 is 7.96. The number of fused-ring (bicyclic) bond motifs is 1. The molecule has 11 nitrogen and oxygen atoms in total. The number of carbonyl (C=O) groups excluding carboxylic acids is 2. The lowest BCUT2D eigenvalue weighted by Crippen LogP contribution is -2.65. The largest absolute Gasteiger partial charge is 0.493 e. The molecule has 0 radical (unpaired) electrons. The van der Waals surface area contributed by atoms with Crippen LogP contribution in [-0.2, 0) is 4.79 Å². The lowest BCUT2D eigenvalue weighted by molar-refractivity contribution is -0.130. The van der Waals surface area contributed by atoms with Gasteiger partial charge in [-0.25, -0.2) is 0 Å². The Labute approximate surface area is 234 Å². The predicted molar refractivity (Wildman–Crippen MR) is 150 cm³/mol. The van der Waals surface area contributed by atoms with Gasteiger partial charge in [-0.3, -0.25) is 29.0 Å². The van der Waals surface area contributed by atoms with Crippen molar-refractivity contribution in [2.24, 2.45) is 11.1 Å². The van der Waals surface area contributed by atoms with Crippen LogP contribution in [0.3, 0.4) is 0 Å². The number of hydrogen-bond donors (Lipinski definition) is 5. The lowest BCUT2D eigenvalue weighted by Gasteiger charge is -2.43. The van der Waals surface area contributed by atoms with Crippen molar-refractivity contribution in [3.8, 4) is 5.88 Å². The molecule has 0 spiro atoms. The number of pyridine rings is 1. The number of nitrogens with one attached hydrogen (secondary N) is 3. The van der Waals surface area contributed by atoms with Crippen LogP contribution in [0.1, 0.15) is 30.1 Å². The standard InChI is InChI=1S/C26H30ClN7O4S/c1-26(14-28)8-11-33(12-9-26)21-24(37)32-18(13-29-21)39-16-6-4-5-15(20(16)27)30-22(35)19-23(36)31-17-7-2-3-10-34(17)25(19)38/h2-7,10,18,21,29,36H,8-9,11-14,28H2,1H3,(H,30,35)(H,32,37). The number of likely N-dealkylation sites (tertiary alicyclic amines) is 1. The van der Waals surface area contributed by atoms with E-state index >= 15 is 0 Å². The summed E-state index contributed by atoms with van der Waals surface area (Å²) in [5.41, 5.74) is 5.31. The second kappa shape index (κ2) is 11.1. The molecule has 0 aliphatic carbocycles. The van der Waals surface area contributed by atoms with E-state index in [0.717, 1.165) is 25.9 Å². The molecule has 206 valence electrons. The van der Waals surface area contributed by atoms with E-state index in [-0.39, 0.29) is 33.1 Å². The highest BCUT2D eigenvalue weighted by Crippen LogP contribution is 2.36. The van der Waals surface area contributed by atoms with Gasteiger partial charge >= 0.3 is 0 Å². The minimum Gasteiger partial charge on any atom is -0.493 e. The maximum Gasteiger partial charge on any atom is 0.274 e. The maximum atomic E-state index is 13.0. The molecule has 2 fully saturated rings. The van der Waals surface area contributed by atoms with E-state index < -0.39 is 29.1 Å². The molecule has 5 rings (SSSR count). The van der Waals surface area contributed by atoms with E-state index in [2.05, 4.69) is 32.8 Å². The zero-order chi connectivity index (χ0) is 27.7. The van der Waals surface area contributed by atoms with Gasteiger partial charge in [0.2, 0.25) is 5.88 Å². The molecular weight excluding hydrogens is 542 g/mol. The summed E-state index contributed by atoms with van der Waals surface area (Å²) in [6.45, 7) is 4.95. The Hall–Kier alpha value is -3.16. The van der Waals surface area contributed by atoms with Crippen LogP contribution < -0.4 is 27.2 Å². The Morgan fingerprint density at radius 1 is 1.26 bits per heavy atom. The summed E-state index contributed by atoms with van der Waals surface area (Å²) in [7, 11) is 0. The van der Waals surface area contributed by atoms with Crippen LogP contribution in [0.5, 0.6) is 5.88 Å². The minimum absolute atomic E-state index is 0.101. The summed E-state index contributed by atoms with van der Waals surface area (Å²) in [5, 5.41) is 19.3. The third-order valence-electron chi connectivity index (χ3n) is 7.33. The first-order valence-electron chi connectivity index (χ1n) is 12.6. The van der Waals surface area contributed by atoms with Gasteiger partial charge in [0, 0.05) is 30.7 Å². The van der Waals surface area contributed by atoms with E-state index in [0.29, 0.717) is 18.0 Å². The first-order chi connectivity index (χ1) is 18.7. The number of hydrogen-bond acceptors (Lipinski definition) is 9. The molecule has 13 heteroatoms. The van der Waals surface area contributed by atoms with E-state index in [9.17, 15) is 19.5 Å². The first kappa shape index (κ1) is 27.4. The van der Waals surface area contributed by atoms with Crippen LogP contribution in [0.4, 0.5) is 5.69 Å². The van der Waals surface area contributed by atoms with Crippen molar-refractivity contribution < 1.29 is 14.7 Å². The number of anilines is 1. The fourth-order valence-electron chi connectivity index (χ4n) is 4.80. The fraction of sp³-hybridized carbons (Fsp3) is 0.385. The number of halogens is 1. The van der Waals surface area contributed by atoms with Gasteiger partial charge in [-0.15, -0.1) is 0 Å². The van der Waals surface area contributed by atoms with Gasteiger partial charge in [0.15, 0.2) is 5.56 Å². The number of thioether (sulfide) groups is 1. The Morgan fingerprint density at radius 2 is 2.03 bits per heavy atom. The monoisotopic (exact) mass is 571 g/mol. The van der Waals surface area contributed by atoms with Crippen molar-refractivity contribution in [2.45, 2.75) is 36.2 Å². The Kier molecular flexibility index (Phi) is 7.83. The predicted octanol–water partition coefficient (Wildman–Crippen LogP) is 1.83. The number of carbonyl (C=O) groups is 2. The molecule has 2 atom stereocenters. The average Bonchev–Trinajstić information content (AvgIpc) is 2.92. The second-order valence-corrected chi connectivity index (χ2v) is 11.7. The van der Waals surface area contributed by atoms with Crippen molar-refractivity contribution >= 4 is 46.5 Å². The molecule has 3 aromatic rings. The molecule has 2 saturated heterocycles. The molecule has 2 unspecified atom stereocenters. The van der Waals surface area contributed by atoms with Crippen LogP contribution in [0.25, 0.3) is 5.65 Å². The molecule has 6 N–H and O–H groups in total. The van der Waals surface area contributed by atoms with Crippen LogP contribution >= 0.6 is 23.4 Å². The molecule has 2 aliphatic rings. The molecule has 0 bridgehead atoms. The molecule has 2 aromatic heterocycles. The number of piperidine rings is 1. The summed E-state index contributed by atoms with van der Waals surface area (Å²) in [6.07, 6.45) is 2.96. The molecule has 2 amide bonds. The number of nitrogens with zero attached hydrogens (tertiary/aromatic N) is 3. The smallest absolute Gasteiger partial charge is 0.274 e. The lowest BCUT2D eigenvalue weighted by atomic mass is 9.80. The highest BCUT2D eigenvalue weighted by molar-refractivity contribution is 8.00. The normalized spacial score (nSPS) is 21.5. The SMILES string of the molecule is CC1(CN)CCN(C2NCC(Sc3cccc(NC(=O)c4c(O)nc5ccccn5c4=O)c3Cl)NC2=O)CC1. The summed E-state index contributed by atoms with van der Waals surface area (Å²) in [4.78, 5) is 45.5. The third-order valence-corrected chi connectivity index (χ3v) is 9.02. The third kappa shape index (κ3) is 5.61. The topological polar surface area (TPSA) is 154 Å². The van der Waals surface area contributed by atoms with E-state index in [1.54, 1.807) is 36.4 Å². The Bertz CT molecular complexity index is 1470. The number of piperazine rings is 1. The number of benzene rings is 1. The Balaban J connectivity index is 1.25. The van der Waals surface area contributed by atoms with Crippen molar-refractivity contribution in [3.63, 3.8) is 0 Å². The molecule has 1 aromatic carbocycles. The zero-order valence-electron chi connectivity index (χ0n) is 21.3. The van der Waals surface area contributed by atoms with E-state index in [1.807, 2.05) is 0 Å². The maximum absolute atomic E-state index is 13.0. The van der Waals surface area contributed by atoms with Crippen molar-refractivity contribution in [2.75, 3.05) is 31.5 Å². The zero-order valence-corrected chi connectivity index (χ0v) is 22.9. The van der Waals surface area contributed by atoms with Crippen molar-refractivity contribution in [1.29, 1.82) is 0 Å². The van der Waals surface area contributed by atoms with E-state index in [1.165, 1.54) is 22.4 Å². The van der Waals surface area contributed by atoms with Gasteiger partial charge in [-0.2, -0.15) is 4.98 Å². The fourth-order valence-corrected chi connectivity index (χ4v) is 6.14. The molecule has 2 aliphatic heterocycles. The van der Waals surface area contributed by atoms with Crippen LogP contribution in [0, 0.1) is 5.41 Å². The highest BCUT2D eigenvalue weighted by Gasteiger charge is 2.37. The summed E-state index contributed by atoms with van der Waals surface area (Å²) in [5.74, 6) is -1.61. The highest BCUT2D eigenvalue weighted by atomic mass is 35.5. The number of nitrogens with two attached hydrogens (primary N) is 1. The second-order valence-electron chi connectivity index (χ2n) is 10.1. The summed E-state index contributed by atoms with van der Waals surface area (Å²) in [6, 6.07) is 9.91. The van der Waals surface area contributed by atoms with Gasteiger partial charge in [0.05, 0.1) is 16.1 Å². The quantitative estimate of drug-likeness (QED) is 0.298. The number of aromatic hydroxyl groups is 1. The number of aromatic nitrogens is 2. The van der Waals surface area contributed by atoms with Gasteiger partial charge in [0.1, 0.15) is 11.8 Å². The Morgan fingerprint density at radius 3 is 2.74 bits per heavy atom. The number of amides is 2. The van der Waals surface area contributed by atoms with Gasteiger partial charge in [-0.1, -0.05) is 42.4 Å². The molecule has 4 heterocycles. The van der Waals surface area contributed by atoms with Crippen LogP contribution in [-0.4, -0.2) is 68.9 Å². The van der Waals surface area contributed by atoms with Gasteiger partial charge in [0.25, 0.3) is 17.4 Å². The van der Waals surface area contributed by atoms with Crippen molar-refractivity contribution in [1.82, 2.24) is 24.9 Å². The van der Waals surface area contributed by atoms with Crippen molar-refractivity contribution in [3.05, 3.63) is 63.5 Å². The van der Waals surface area contributed by atoms with Gasteiger partial charge in [-0.05, 0) is 49.1 Å². The molecular formula is C26H30ClN7O4S. The summed E-state index contributed by atoms with van der Waals surface area (Å²) < 4.78 is 1.18. The average molecular weight is 572 g/mol. The molecule has 0 saturated carbocycles. The van der Waals surface area contributed by atoms with Gasteiger partial charge < -0.3 is 21.5 Å². The van der Waals surface area contributed by atoms with Crippen LogP contribution in [0.15, 0.2) is 52.3 Å². The van der Waals surface area contributed by atoms with Crippen LogP contribution in [0.2, 0.25) is 5.02 Å². The molecule has 39 heavy (non-hydrogen) atoms. The number of rotatable bonds is 6.